The molecule has 1 amide bonds. The van der Waals surface area contributed by atoms with Gasteiger partial charge in [0.15, 0.2) is 18.2 Å². The van der Waals surface area contributed by atoms with Gasteiger partial charge in [0.25, 0.3) is 5.91 Å². The molecule has 0 radical (unpaired) electrons. The van der Waals surface area contributed by atoms with Gasteiger partial charge < -0.3 is 14.6 Å². The number of benzene rings is 1. The molecule has 0 unspecified atom stereocenters. The Kier molecular flexibility index (Phi) is 5.08. The SMILES string of the molecule is CCC(O)=C1C(=O)CC(c2ccc3c(c2)N(COC)C(=O)CO3)CC1=O. The lowest BCUT2D eigenvalue weighted by Gasteiger charge is -2.30. The third kappa shape index (κ3) is 3.22. The molecular weight excluding hydrogens is 338 g/mol. The Bertz CT molecular complexity index is 777. The number of methoxy groups -OCH3 is 1. The van der Waals surface area contributed by atoms with Crippen molar-refractivity contribution in [2.24, 2.45) is 0 Å². The Morgan fingerprint density at radius 2 is 1.96 bits per heavy atom. The van der Waals surface area contributed by atoms with Crippen molar-refractivity contribution in [1.29, 1.82) is 0 Å². The number of hydrogen-bond donors (Lipinski definition) is 1. The minimum atomic E-state index is -0.343. The van der Waals surface area contributed by atoms with E-state index in [4.69, 9.17) is 9.47 Å². The van der Waals surface area contributed by atoms with Crippen LogP contribution in [0.25, 0.3) is 0 Å². The van der Waals surface area contributed by atoms with Gasteiger partial charge in [-0.25, -0.2) is 0 Å². The Morgan fingerprint density at radius 3 is 2.58 bits per heavy atom. The number of ketones is 2. The van der Waals surface area contributed by atoms with Gasteiger partial charge in [-0.3, -0.25) is 19.3 Å². The Hall–Kier alpha value is -2.67. The minimum Gasteiger partial charge on any atom is -0.511 e. The number of allylic oxidation sites excluding steroid dienone is 2. The third-order valence-electron chi connectivity index (χ3n) is 4.70. The highest BCUT2D eigenvalue weighted by atomic mass is 16.5. The number of anilines is 1. The highest BCUT2D eigenvalue weighted by Crippen LogP contribution is 2.39. The molecule has 7 heteroatoms. The molecule has 26 heavy (non-hydrogen) atoms. The number of carbonyl (C=O) groups excluding carboxylic acids is 3. The summed E-state index contributed by atoms with van der Waals surface area (Å²) < 4.78 is 10.5. The van der Waals surface area contributed by atoms with Gasteiger partial charge in [-0.05, 0) is 23.6 Å². The molecule has 1 aromatic rings. The zero-order valence-corrected chi connectivity index (χ0v) is 14.8. The molecule has 1 aliphatic heterocycles. The van der Waals surface area contributed by atoms with Crippen LogP contribution in [0.5, 0.6) is 5.75 Å². The highest BCUT2D eigenvalue weighted by Gasteiger charge is 2.34. The molecule has 0 spiro atoms. The summed E-state index contributed by atoms with van der Waals surface area (Å²) >= 11 is 0. The van der Waals surface area contributed by atoms with Gasteiger partial charge in [0.1, 0.15) is 18.2 Å². The number of ether oxygens (including phenoxy) is 2. The summed E-state index contributed by atoms with van der Waals surface area (Å²) in [7, 11) is 1.50. The van der Waals surface area contributed by atoms with Crippen molar-refractivity contribution in [3.05, 3.63) is 35.1 Å². The molecule has 1 heterocycles. The quantitative estimate of drug-likeness (QED) is 0.503. The zero-order valence-electron chi connectivity index (χ0n) is 14.8. The van der Waals surface area contributed by atoms with E-state index in [1.807, 2.05) is 0 Å². The Labute approximate surface area is 151 Å². The van der Waals surface area contributed by atoms with Crippen LogP contribution < -0.4 is 9.64 Å². The van der Waals surface area contributed by atoms with Crippen molar-refractivity contribution < 1.29 is 29.0 Å². The topological polar surface area (TPSA) is 93.1 Å². The summed E-state index contributed by atoms with van der Waals surface area (Å²) in [6, 6.07) is 5.31. The largest absolute Gasteiger partial charge is 0.511 e. The molecule has 0 bridgehead atoms. The molecule has 1 aliphatic carbocycles. The number of Topliss-reactive ketones (excluding diaryl/α,β-unsaturated/α-hetero) is 2. The number of aliphatic hydroxyl groups is 1. The second kappa shape index (κ2) is 7.29. The maximum absolute atomic E-state index is 12.3. The van der Waals surface area contributed by atoms with Crippen molar-refractivity contribution in [1.82, 2.24) is 0 Å². The molecule has 0 atom stereocenters. The van der Waals surface area contributed by atoms with Crippen molar-refractivity contribution >= 4 is 23.2 Å². The van der Waals surface area contributed by atoms with Gasteiger partial charge >= 0.3 is 0 Å². The van der Waals surface area contributed by atoms with E-state index in [0.717, 1.165) is 5.56 Å². The van der Waals surface area contributed by atoms with Gasteiger partial charge in [0.05, 0.1) is 11.3 Å². The molecule has 0 saturated heterocycles. The first-order valence-electron chi connectivity index (χ1n) is 8.50. The third-order valence-corrected chi connectivity index (χ3v) is 4.70. The van der Waals surface area contributed by atoms with E-state index < -0.39 is 0 Å². The lowest BCUT2D eigenvalue weighted by atomic mass is 9.79. The Balaban J connectivity index is 1.91. The van der Waals surface area contributed by atoms with Crippen LogP contribution in [0, 0.1) is 0 Å². The van der Waals surface area contributed by atoms with E-state index in [9.17, 15) is 19.5 Å². The first-order chi connectivity index (χ1) is 12.5. The monoisotopic (exact) mass is 359 g/mol. The highest BCUT2D eigenvalue weighted by molar-refractivity contribution is 6.22. The molecule has 1 saturated carbocycles. The lowest BCUT2D eigenvalue weighted by molar-refractivity contribution is -0.125. The molecule has 138 valence electrons. The van der Waals surface area contributed by atoms with E-state index in [0.29, 0.717) is 11.4 Å². The van der Waals surface area contributed by atoms with Crippen molar-refractivity contribution in [3.8, 4) is 5.75 Å². The molecule has 7 nitrogen and oxygen atoms in total. The van der Waals surface area contributed by atoms with Crippen molar-refractivity contribution in [2.75, 3.05) is 25.3 Å². The standard InChI is InChI=1S/C19H21NO6/c1-3-14(21)19-15(22)7-12(8-16(19)23)11-4-5-17-13(6-11)20(10-25-2)18(24)9-26-17/h4-6,12,21H,3,7-10H2,1-2H3. The maximum atomic E-state index is 12.3. The van der Waals surface area contributed by atoms with E-state index in [1.165, 1.54) is 12.0 Å². The summed E-state index contributed by atoms with van der Waals surface area (Å²) in [6.45, 7) is 1.73. The smallest absolute Gasteiger partial charge is 0.266 e. The normalized spacial score (nSPS) is 20.1. The van der Waals surface area contributed by atoms with E-state index in [2.05, 4.69) is 0 Å². The maximum Gasteiger partial charge on any atom is 0.266 e. The van der Waals surface area contributed by atoms with Crippen LogP contribution in [-0.2, 0) is 19.1 Å². The minimum absolute atomic E-state index is 0.0550. The zero-order chi connectivity index (χ0) is 18.8. The fourth-order valence-corrected chi connectivity index (χ4v) is 3.36. The van der Waals surface area contributed by atoms with Crippen LogP contribution in [-0.4, -0.2) is 43.0 Å². The molecule has 0 aromatic heterocycles. The van der Waals surface area contributed by atoms with Crippen LogP contribution in [0.1, 0.15) is 37.7 Å². The van der Waals surface area contributed by atoms with Crippen LogP contribution in [0.2, 0.25) is 0 Å². The first-order valence-corrected chi connectivity index (χ1v) is 8.50. The number of fused-ring (bicyclic) bond motifs is 1. The lowest BCUT2D eigenvalue weighted by Crippen LogP contribution is -2.40. The van der Waals surface area contributed by atoms with Gasteiger partial charge in [0, 0.05) is 26.4 Å². The molecular formula is C19H21NO6. The summed E-state index contributed by atoms with van der Waals surface area (Å²) in [6.07, 6.45) is 0.535. The number of nitrogens with zero attached hydrogens (tertiary/aromatic N) is 1. The van der Waals surface area contributed by atoms with Crippen molar-refractivity contribution in [2.45, 2.75) is 32.1 Å². The van der Waals surface area contributed by atoms with E-state index in [-0.39, 0.29) is 67.3 Å². The number of carbonyl (C=O) groups is 3. The van der Waals surface area contributed by atoms with Gasteiger partial charge in [-0.15, -0.1) is 0 Å². The average Bonchev–Trinajstić information content (AvgIpc) is 2.63. The van der Waals surface area contributed by atoms with Crippen LogP contribution in [0.15, 0.2) is 29.5 Å². The van der Waals surface area contributed by atoms with Crippen LogP contribution >= 0.6 is 0 Å². The molecule has 1 aromatic carbocycles. The summed E-state index contributed by atoms with van der Waals surface area (Å²) in [5.41, 5.74) is 1.28. The number of aliphatic hydroxyl groups excluding tert-OH is 1. The molecule has 1 N–H and O–H groups in total. The first kappa shape index (κ1) is 18.1. The van der Waals surface area contributed by atoms with E-state index in [1.54, 1.807) is 25.1 Å². The molecule has 2 aliphatic rings. The summed E-state index contributed by atoms with van der Waals surface area (Å²) in [5.74, 6) is -0.786. The average molecular weight is 359 g/mol. The molecule has 3 rings (SSSR count). The molecule has 1 fully saturated rings. The summed E-state index contributed by atoms with van der Waals surface area (Å²) in [4.78, 5) is 38.2. The van der Waals surface area contributed by atoms with Crippen LogP contribution in [0.4, 0.5) is 5.69 Å². The fraction of sp³-hybridized carbons (Fsp3) is 0.421. The van der Waals surface area contributed by atoms with Gasteiger partial charge in [0.2, 0.25) is 0 Å². The number of amides is 1. The predicted molar refractivity (Wildman–Crippen MR) is 93.2 cm³/mol. The van der Waals surface area contributed by atoms with E-state index >= 15 is 0 Å². The van der Waals surface area contributed by atoms with Crippen LogP contribution in [0.3, 0.4) is 0 Å². The predicted octanol–water partition coefficient (Wildman–Crippen LogP) is 2.25. The fourth-order valence-electron chi connectivity index (χ4n) is 3.36. The van der Waals surface area contributed by atoms with Crippen molar-refractivity contribution in [3.63, 3.8) is 0 Å². The second-order valence-electron chi connectivity index (χ2n) is 6.38. The number of rotatable bonds is 4. The number of hydrogen-bond acceptors (Lipinski definition) is 6. The second-order valence-corrected chi connectivity index (χ2v) is 6.38. The Morgan fingerprint density at radius 1 is 1.27 bits per heavy atom. The summed E-state index contributed by atoms with van der Waals surface area (Å²) in [5, 5.41) is 9.82. The van der Waals surface area contributed by atoms with Gasteiger partial charge in [-0.1, -0.05) is 13.0 Å². The van der Waals surface area contributed by atoms with Gasteiger partial charge in [-0.2, -0.15) is 0 Å².